The molecule has 0 saturated carbocycles. The molecule has 0 atom stereocenters. The van der Waals surface area contributed by atoms with E-state index in [1.165, 1.54) is 12.1 Å². The van der Waals surface area contributed by atoms with Crippen LogP contribution in [0, 0.1) is 18.3 Å². The second-order valence-corrected chi connectivity index (χ2v) is 3.65. The van der Waals surface area contributed by atoms with E-state index in [1.54, 1.807) is 6.92 Å². The molecule has 0 aliphatic heterocycles. The molecule has 0 radical (unpaired) electrons. The van der Waals surface area contributed by atoms with Gasteiger partial charge in [-0.05, 0) is 26.0 Å². The molecule has 5 nitrogen and oxygen atoms in total. The number of aromatic nitrogens is 1. The molecule has 0 bridgehead atoms. The highest BCUT2D eigenvalue weighted by Gasteiger charge is 2.11. The lowest BCUT2D eigenvalue weighted by Crippen LogP contribution is -2.25. The number of hydrogen-bond acceptors (Lipinski definition) is 4. The molecule has 1 aromatic rings. The number of rotatable bonds is 5. The summed E-state index contributed by atoms with van der Waals surface area (Å²) >= 11 is 0. The van der Waals surface area contributed by atoms with Crippen LogP contribution < -0.4 is 4.90 Å². The fraction of sp³-hybridized carbons (Fsp3) is 0.417. The molecule has 0 aliphatic rings. The minimum absolute atomic E-state index is 0.225. The van der Waals surface area contributed by atoms with Crippen molar-refractivity contribution in [2.45, 2.75) is 20.3 Å². The number of carbonyl (C=O) groups is 1. The van der Waals surface area contributed by atoms with Crippen LogP contribution in [0.15, 0.2) is 12.1 Å². The van der Waals surface area contributed by atoms with E-state index in [9.17, 15) is 4.79 Å². The first-order valence-corrected chi connectivity index (χ1v) is 5.42. The van der Waals surface area contributed by atoms with E-state index in [0.29, 0.717) is 31.0 Å². The molecule has 0 amide bonds. The van der Waals surface area contributed by atoms with Crippen LogP contribution in [-0.2, 0) is 0 Å². The van der Waals surface area contributed by atoms with Gasteiger partial charge in [-0.3, -0.25) is 0 Å². The number of nitrogens with zero attached hydrogens (tertiary/aromatic N) is 3. The number of aryl methyl sites for hydroxylation is 1. The molecule has 1 rings (SSSR count). The molecule has 90 valence electrons. The van der Waals surface area contributed by atoms with E-state index in [1.807, 2.05) is 11.8 Å². The summed E-state index contributed by atoms with van der Waals surface area (Å²) in [7, 11) is 0. The summed E-state index contributed by atoms with van der Waals surface area (Å²) in [5, 5.41) is 17.5. The van der Waals surface area contributed by atoms with Crippen LogP contribution in [0.3, 0.4) is 0 Å². The van der Waals surface area contributed by atoms with Crippen LogP contribution >= 0.6 is 0 Å². The van der Waals surface area contributed by atoms with Gasteiger partial charge in [0.05, 0.1) is 18.1 Å². The van der Waals surface area contributed by atoms with Gasteiger partial charge in [0.15, 0.2) is 0 Å². The van der Waals surface area contributed by atoms with Crippen LogP contribution in [0.25, 0.3) is 0 Å². The number of nitriles is 1. The van der Waals surface area contributed by atoms with Gasteiger partial charge in [-0.15, -0.1) is 0 Å². The molecule has 0 aromatic carbocycles. The van der Waals surface area contributed by atoms with Crippen molar-refractivity contribution in [1.82, 2.24) is 4.98 Å². The first kappa shape index (κ1) is 13.0. The molecule has 1 aromatic heterocycles. The molecule has 1 heterocycles. The zero-order chi connectivity index (χ0) is 12.8. The van der Waals surface area contributed by atoms with Gasteiger partial charge < -0.3 is 10.0 Å². The van der Waals surface area contributed by atoms with Crippen molar-refractivity contribution >= 4 is 11.8 Å². The standard InChI is InChI=1S/C12H15N3O2/c1-3-15(6-4-5-13)11-8-10(12(16)17)7-9(2)14-11/h7-8H,3-4,6H2,1-2H3,(H,16,17). The maximum Gasteiger partial charge on any atom is 0.335 e. The Labute approximate surface area is 100 Å². The number of anilines is 1. The highest BCUT2D eigenvalue weighted by atomic mass is 16.4. The van der Waals surface area contributed by atoms with Crippen molar-refractivity contribution in [3.8, 4) is 6.07 Å². The van der Waals surface area contributed by atoms with Crippen LogP contribution in [0.2, 0.25) is 0 Å². The first-order valence-electron chi connectivity index (χ1n) is 5.42. The Morgan fingerprint density at radius 2 is 2.29 bits per heavy atom. The van der Waals surface area contributed by atoms with Gasteiger partial charge in [-0.1, -0.05) is 0 Å². The largest absolute Gasteiger partial charge is 0.478 e. The third-order valence-electron chi connectivity index (χ3n) is 2.39. The summed E-state index contributed by atoms with van der Waals surface area (Å²) in [6, 6.07) is 5.14. The molecular formula is C12H15N3O2. The maximum absolute atomic E-state index is 10.9. The normalized spacial score (nSPS) is 9.71. The van der Waals surface area contributed by atoms with Crippen molar-refractivity contribution in [2.75, 3.05) is 18.0 Å². The number of pyridine rings is 1. The molecule has 17 heavy (non-hydrogen) atoms. The summed E-state index contributed by atoms with van der Waals surface area (Å²) in [6.45, 7) is 4.95. The van der Waals surface area contributed by atoms with Crippen molar-refractivity contribution in [3.05, 3.63) is 23.4 Å². The lowest BCUT2D eigenvalue weighted by molar-refractivity contribution is 0.0696. The van der Waals surface area contributed by atoms with Crippen molar-refractivity contribution in [2.24, 2.45) is 0 Å². The average molecular weight is 233 g/mol. The minimum atomic E-state index is -0.965. The van der Waals surface area contributed by atoms with Gasteiger partial charge in [0, 0.05) is 18.8 Å². The van der Waals surface area contributed by atoms with E-state index in [2.05, 4.69) is 11.1 Å². The fourth-order valence-corrected chi connectivity index (χ4v) is 1.56. The smallest absolute Gasteiger partial charge is 0.335 e. The molecule has 5 heteroatoms. The monoisotopic (exact) mass is 233 g/mol. The van der Waals surface area contributed by atoms with E-state index >= 15 is 0 Å². The topological polar surface area (TPSA) is 77.2 Å². The van der Waals surface area contributed by atoms with Gasteiger partial charge in [0.1, 0.15) is 5.82 Å². The van der Waals surface area contributed by atoms with E-state index in [4.69, 9.17) is 10.4 Å². The average Bonchev–Trinajstić information content (AvgIpc) is 2.29. The van der Waals surface area contributed by atoms with Crippen molar-refractivity contribution in [3.63, 3.8) is 0 Å². The molecular weight excluding hydrogens is 218 g/mol. The number of carboxylic acid groups (broad SMARTS) is 1. The van der Waals surface area contributed by atoms with E-state index in [0.717, 1.165) is 0 Å². The molecule has 1 N–H and O–H groups in total. The minimum Gasteiger partial charge on any atom is -0.478 e. The number of hydrogen-bond donors (Lipinski definition) is 1. The first-order chi connectivity index (χ1) is 8.08. The van der Waals surface area contributed by atoms with Gasteiger partial charge in [-0.25, -0.2) is 9.78 Å². The van der Waals surface area contributed by atoms with Gasteiger partial charge in [-0.2, -0.15) is 5.26 Å². The Balaban J connectivity index is 3.03. The zero-order valence-electron chi connectivity index (χ0n) is 9.97. The Morgan fingerprint density at radius 1 is 1.59 bits per heavy atom. The second-order valence-electron chi connectivity index (χ2n) is 3.65. The Morgan fingerprint density at radius 3 is 2.82 bits per heavy atom. The summed E-state index contributed by atoms with van der Waals surface area (Å²) in [5.41, 5.74) is 0.887. The van der Waals surface area contributed by atoms with Gasteiger partial charge in [0.25, 0.3) is 0 Å². The summed E-state index contributed by atoms with van der Waals surface area (Å²) < 4.78 is 0. The molecule has 0 saturated heterocycles. The van der Waals surface area contributed by atoms with E-state index < -0.39 is 5.97 Å². The lowest BCUT2D eigenvalue weighted by Gasteiger charge is -2.21. The maximum atomic E-state index is 10.9. The molecule has 0 spiro atoms. The summed E-state index contributed by atoms with van der Waals surface area (Å²) in [4.78, 5) is 17.1. The van der Waals surface area contributed by atoms with Crippen LogP contribution in [0.1, 0.15) is 29.4 Å². The third kappa shape index (κ3) is 3.45. The Hall–Kier alpha value is -2.09. The van der Waals surface area contributed by atoms with Gasteiger partial charge >= 0.3 is 5.97 Å². The van der Waals surface area contributed by atoms with Gasteiger partial charge in [0.2, 0.25) is 0 Å². The Bertz CT molecular complexity index is 452. The summed E-state index contributed by atoms with van der Waals surface area (Å²) in [6.07, 6.45) is 0.395. The second kappa shape index (κ2) is 5.85. The highest BCUT2D eigenvalue weighted by molar-refractivity contribution is 5.88. The Kier molecular flexibility index (Phi) is 4.46. The third-order valence-corrected chi connectivity index (χ3v) is 2.39. The van der Waals surface area contributed by atoms with Crippen LogP contribution in [0.4, 0.5) is 5.82 Å². The SMILES string of the molecule is CCN(CCC#N)c1cc(C(=O)O)cc(C)n1. The van der Waals surface area contributed by atoms with Crippen molar-refractivity contribution < 1.29 is 9.90 Å². The predicted octanol–water partition coefficient (Wildman–Crippen LogP) is 1.83. The quantitative estimate of drug-likeness (QED) is 0.839. The highest BCUT2D eigenvalue weighted by Crippen LogP contribution is 2.15. The van der Waals surface area contributed by atoms with Crippen LogP contribution in [-0.4, -0.2) is 29.1 Å². The van der Waals surface area contributed by atoms with Crippen LogP contribution in [0.5, 0.6) is 0 Å². The lowest BCUT2D eigenvalue weighted by atomic mass is 10.2. The van der Waals surface area contributed by atoms with E-state index in [-0.39, 0.29) is 5.56 Å². The zero-order valence-corrected chi connectivity index (χ0v) is 9.97. The summed E-state index contributed by atoms with van der Waals surface area (Å²) in [5.74, 6) is -0.353. The predicted molar refractivity (Wildman–Crippen MR) is 64.1 cm³/mol. The number of carboxylic acids is 1. The van der Waals surface area contributed by atoms with Crippen molar-refractivity contribution in [1.29, 1.82) is 5.26 Å². The molecule has 0 fully saturated rings. The molecule has 0 unspecified atom stereocenters. The number of aromatic carboxylic acids is 1. The fourth-order valence-electron chi connectivity index (χ4n) is 1.56. The molecule has 0 aliphatic carbocycles.